The number of likely N-dealkylation sites (tertiary alicyclic amines) is 1. The molecule has 1 fully saturated rings. The first-order valence-electron chi connectivity index (χ1n) is 4.84. The summed E-state index contributed by atoms with van der Waals surface area (Å²) < 4.78 is 0. The summed E-state index contributed by atoms with van der Waals surface area (Å²) in [6.07, 6.45) is 3.41. The monoisotopic (exact) mass is 166 g/mol. The molecule has 0 N–H and O–H groups in total. The lowest BCUT2D eigenvalue weighted by molar-refractivity contribution is 0.369. The minimum Gasteiger partial charge on any atom is -0.306 e. The van der Waals surface area contributed by atoms with E-state index in [2.05, 4.69) is 24.9 Å². The third kappa shape index (κ3) is 2.49. The molecule has 2 unspecified atom stereocenters. The third-order valence-corrected chi connectivity index (χ3v) is 2.78. The second kappa shape index (κ2) is 4.47. The summed E-state index contributed by atoms with van der Waals surface area (Å²) in [7, 11) is 2.16. The number of nitriles is 1. The van der Waals surface area contributed by atoms with Gasteiger partial charge in [-0.2, -0.15) is 5.26 Å². The number of hydrogen-bond donors (Lipinski definition) is 0. The molecule has 0 radical (unpaired) electrons. The molecule has 68 valence electrons. The van der Waals surface area contributed by atoms with Gasteiger partial charge in [0.05, 0.1) is 6.07 Å². The average molecular weight is 166 g/mol. The van der Waals surface area contributed by atoms with Crippen LogP contribution in [-0.4, -0.2) is 25.0 Å². The highest BCUT2D eigenvalue weighted by atomic mass is 15.1. The smallest absolute Gasteiger partial charge is 0.0655 e. The Morgan fingerprint density at radius 1 is 1.67 bits per heavy atom. The zero-order valence-electron chi connectivity index (χ0n) is 8.08. The van der Waals surface area contributed by atoms with Crippen LogP contribution in [-0.2, 0) is 0 Å². The van der Waals surface area contributed by atoms with Crippen LogP contribution in [0.1, 0.15) is 26.2 Å². The summed E-state index contributed by atoms with van der Waals surface area (Å²) in [4.78, 5) is 2.36. The Hall–Kier alpha value is -0.550. The topological polar surface area (TPSA) is 27.0 Å². The Balaban J connectivity index is 2.27. The normalized spacial score (nSPS) is 26.9. The van der Waals surface area contributed by atoms with Gasteiger partial charge in [-0.25, -0.2) is 0 Å². The van der Waals surface area contributed by atoms with Gasteiger partial charge in [0.25, 0.3) is 0 Å². The summed E-state index contributed by atoms with van der Waals surface area (Å²) in [5.41, 5.74) is 0. The van der Waals surface area contributed by atoms with Gasteiger partial charge >= 0.3 is 0 Å². The molecule has 2 atom stereocenters. The maximum absolute atomic E-state index is 8.79. The first-order chi connectivity index (χ1) is 5.76. The van der Waals surface area contributed by atoms with E-state index in [-0.39, 0.29) is 0 Å². The molecule has 0 aromatic heterocycles. The molecule has 1 aliphatic heterocycles. The van der Waals surface area contributed by atoms with E-state index in [1.165, 1.54) is 19.5 Å². The molecule has 1 aliphatic rings. The van der Waals surface area contributed by atoms with E-state index in [1.807, 2.05) is 0 Å². The van der Waals surface area contributed by atoms with Gasteiger partial charge in [0.1, 0.15) is 0 Å². The second-order valence-corrected chi connectivity index (χ2v) is 3.89. The maximum Gasteiger partial charge on any atom is 0.0655 e. The van der Waals surface area contributed by atoms with Crippen molar-refractivity contribution in [3.05, 3.63) is 0 Å². The van der Waals surface area contributed by atoms with Crippen LogP contribution >= 0.6 is 0 Å². The van der Waals surface area contributed by atoms with Crippen molar-refractivity contribution in [1.82, 2.24) is 4.90 Å². The zero-order chi connectivity index (χ0) is 8.97. The number of rotatable bonds is 3. The van der Waals surface area contributed by atoms with Crippen LogP contribution in [0.2, 0.25) is 0 Å². The van der Waals surface area contributed by atoms with Crippen molar-refractivity contribution in [3.63, 3.8) is 0 Å². The standard InChI is InChI=1S/C10H18N2/c1-3-9(7-11)6-10-4-5-12(2)8-10/h9-10H,3-6,8H2,1-2H3. The van der Waals surface area contributed by atoms with Gasteiger partial charge < -0.3 is 4.90 Å². The van der Waals surface area contributed by atoms with Crippen molar-refractivity contribution in [2.45, 2.75) is 26.2 Å². The molecule has 2 heteroatoms. The molecule has 12 heavy (non-hydrogen) atoms. The quantitative estimate of drug-likeness (QED) is 0.640. The molecule has 0 aliphatic carbocycles. The summed E-state index contributed by atoms with van der Waals surface area (Å²) in [6.45, 7) is 4.51. The fourth-order valence-electron chi connectivity index (χ4n) is 1.93. The second-order valence-electron chi connectivity index (χ2n) is 3.89. The predicted molar refractivity (Wildman–Crippen MR) is 49.6 cm³/mol. The summed E-state index contributed by atoms with van der Waals surface area (Å²) in [5, 5.41) is 8.79. The van der Waals surface area contributed by atoms with Crippen LogP contribution in [0.15, 0.2) is 0 Å². The summed E-state index contributed by atoms with van der Waals surface area (Å²) in [6, 6.07) is 2.37. The van der Waals surface area contributed by atoms with Gasteiger partial charge in [-0.05, 0) is 38.8 Å². The molecule has 1 heterocycles. The van der Waals surface area contributed by atoms with Crippen molar-refractivity contribution >= 4 is 0 Å². The minimum atomic E-state index is 0.293. The predicted octanol–water partition coefficient (Wildman–Crippen LogP) is 1.88. The molecule has 1 saturated heterocycles. The molecule has 0 spiro atoms. The lowest BCUT2D eigenvalue weighted by Crippen LogP contribution is -2.15. The van der Waals surface area contributed by atoms with E-state index in [4.69, 9.17) is 5.26 Å². The lowest BCUT2D eigenvalue weighted by atomic mass is 9.93. The SMILES string of the molecule is CCC(C#N)CC1CCN(C)C1. The van der Waals surface area contributed by atoms with Gasteiger partial charge in [0.2, 0.25) is 0 Å². The highest BCUT2D eigenvalue weighted by molar-refractivity contribution is 4.86. The van der Waals surface area contributed by atoms with Crippen LogP contribution in [0.5, 0.6) is 0 Å². The van der Waals surface area contributed by atoms with Gasteiger partial charge in [-0.1, -0.05) is 6.92 Å². The Labute approximate surface area is 75.2 Å². The maximum atomic E-state index is 8.79. The van der Waals surface area contributed by atoms with E-state index in [0.717, 1.165) is 18.8 Å². The van der Waals surface area contributed by atoms with Crippen LogP contribution in [0.3, 0.4) is 0 Å². The van der Waals surface area contributed by atoms with Crippen LogP contribution in [0.4, 0.5) is 0 Å². The van der Waals surface area contributed by atoms with Crippen LogP contribution in [0.25, 0.3) is 0 Å². The molecule has 1 rings (SSSR count). The highest BCUT2D eigenvalue weighted by Crippen LogP contribution is 2.23. The van der Waals surface area contributed by atoms with E-state index in [1.54, 1.807) is 0 Å². The Morgan fingerprint density at radius 3 is 2.83 bits per heavy atom. The Bertz CT molecular complexity index is 171. The fourth-order valence-corrected chi connectivity index (χ4v) is 1.93. The molecule has 0 aromatic rings. The molecule has 0 bridgehead atoms. The van der Waals surface area contributed by atoms with Crippen LogP contribution in [0, 0.1) is 23.2 Å². The number of hydrogen-bond acceptors (Lipinski definition) is 2. The van der Waals surface area contributed by atoms with Crippen molar-refractivity contribution in [2.75, 3.05) is 20.1 Å². The largest absolute Gasteiger partial charge is 0.306 e. The molecule has 0 saturated carbocycles. The highest BCUT2D eigenvalue weighted by Gasteiger charge is 2.21. The summed E-state index contributed by atoms with van der Waals surface area (Å²) >= 11 is 0. The third-order valence-electron chi connectivity index (χ3n) is 2.78. The van der Waals surface area contributed by atoms with Gasteiger partial charge in [-0.15, -0.1) is 0 Å². The molecule has 2 nitrogen and oxygen atoms in total. The van der Waals surface area contributed by atoms with E-state index < -0.39 is 0 Å². The van der Waals surface area contributed by atoms with Gasteiger partial charge in [0.15, 0.2) is 0 Å². The van der Waals surface area contributed by atoms with E-state index in [9.17, 15) is 0 Å². The first-order valence-corrected chi connectivity index (χ1v) is 4.84. The van der Waals surface area contributed by atoms with Crippen LogP contribution < -0.4 is 0 Å². The Morgan fingerprint density at radius 2 is 2.42 bits per heavy atom. The van der Waals surface area contributed by atoms with Crippen molar-refractivity contribution in [2.24, 2.45) is 11.8 Å². The van der Waals surface area contributed by atoms with Gasteiger partial charge in [-0.3, -0.25) is 0 Å². The van der Waals surface area contributed by atoms with Crippen molar-refractivity contribution in [1.29, 1.82) is 5.26 Å². The average Bonchev–Trinajstić information content (AvgIpc) is 2.47. The fraction of sp³-hybridized carbons (Fsp3) is 0.900. The van der Waals surface area contributed by atoms with E-state index >= 15 is 0 Å². The molecule has 0 aromatic carbocycles. The van der Waals surface area contributed by atoms with Gasteiger partial charge in [0, 0.05) is 12.5 Å². The number of nitrogens with zero attached hydrogens (tertiary/aromatic N) is 2. The Kier molecular flexibility index (Phi) is 3.55. The van der Waals surface area contributed by atoms with Crippen molar-refractivity contribution in [3.8, 4) is 6.07 Å². The minimum absolute atomic E-state index is 0.293. The molecule has 0 amide bonds. The molecular formula is C10H18N2. The first kappa shape index (κ1) is 9.54. The zero-order valence-corrected chi connectivity index (χ0v) is 8.08. The van der Waals surface area contributed by atoms with E-state index in [0.29, 0.717) is 5.92 Å². The summed E-state index contributed by atoms with van der Waals surface area (Å²) in [5.74, 6) is 1.07. The lowest BCUT2D eigenvalue weighted by Gasteiger charge is -2.12. The van der Waals surface area contributed by atoms with Crippen molar-refractivity contribution < 1.29 is 0 Å². The molecular weight excluding hydrogens is 148 g/mol.